The lowest BCUT2D eigenvalue weighted by molar-refractivity contribution is -0.0270. The molecule has 0 aromatic heterocycles. The number of rotatable bonds is 5. The summed E-state index contributed by atoms with van der Waals surface area (Å²) in [4.78, 5) is 0. The molecule has 18 heavy (non-hydrogen) atoms. The molecule has 0 heterocycles. The largest absolute Gasteiger partial charge is 0.378 e. The van der Waals surface area contributed by atoms with Gasteiger partial charge in [0.25, 0.3) is 0 Å². The Morgan fingerprint density at radius 1 is 1.44 bits per heavy atom. The third-order valence-corrected chi connectivity index (χ3v) is 4.10. The van der Waals surface area contributed by atoms with Crippen LogP contribution < -0.4 is 5.32 Å². The number of nitrogens with one attached hydrogen (secondary N) is 1. The van der Waals surface area contributed by atoms with Crippen LogP contribution in [0.5, 0.6) is 0 Å². The molecule has 0 saturated heterocycles. The van der Waals surface area contributed by atoms with Gasteiger partial charge in [-0.2, -0.15) is 5.26 Å². The SMILES string of the molecule is CNC(C)(C#N)CCOC1CC(C)CC(C)(C)C1. The Balaban J connectivity index is 2.38. The van der Waals surface area contributed by atoms with E-state index < -0.39 is 5.54 Å². The lowest BCUT2D eigenvalue weighted by atomic mass is 9.71. The fraction of sp³-hybridized carbons (Fsp3) is 0.933. The van der Waals surface area contributed by atoms with Crippen LogP contribution in [0.4, 0.5) is 0 Å². The summed E-state index contributed by atoms with van der Waals surface area (Å²) in [5, 5.41) is 12.1. The Bertz CT molecular complexity index is 308. The molecule has 1 aliphatic carbocycles. The van der Waals surface area contributed by atoms with E-state index in [9.17, 15) is 0 Å². The van der Waals surface area contributed by atoms with Crippen LogP contribution in [-0.2, 0) is 4.74 Å². The predicted octanol–water partition coefficient (Wildman–Crippen LogP) is 3.11. The van der Waals surface area contributed by atoms with Gasteiger partial charge in [-0.3, -0.25) is 0 Å². The molecule has 1 saturated carbocycles. The number of hydrogen-bond donors (Lipinski definition) is 1. The highest BCUT2D eigenvalue weighted by Gasteiger charge is 2.32. The molecule has 0 aromatic carbocycles. The van der Waals surface area contributed by atoms with Crippen molar-refractivity contribution in [3.63, 3.8) is 0 Å². The van der Waals surface area contributed by atoms with Crippen molar-refractivity contribution in [2.24, 2.45) is 11.3 Å². The zero-order valence-corrected chi connectivity index (χ0v) is 12.5. The summed E-state index contributed by atoms with van der Waals surface area (Å²) in [6.07, 6.45) is 4.69. The van der Waals surface area contributed by atoms with Crippen LogP contribution in [0.1, 0.15) is 53.4 Å². The molecular weight excluding hydrogens is 224 g/mol. The minimum Gasteiger partial charge on any atom is -0.378 e. The first-order valence-electron chi connectivity index (χ1n) is 7.02. The standard InChI is InChI=1S/C15H28N2O/c1-12-8-13(10-14(2,3)9-12)18-7-6-15(4,11-16)17-5/h12-13,17H,6-10H2,1-5H3. The van der Waals surface area contributed by atoms with Crippen molar-refractivity contribution < 1.29 is 4.74 Å². The lowest BCUT2D eigenvalue weighted by Gasteiger charge is -2.39. The highest BCUT2D eigenvalue weighted by atomic mass is 16.5. The normalized spacial score (nSPS) is 30.4. The Morgan fingerprint density at radius 3 is 2.61 bits per heavy atom. The minimum atomic E-state index is -0.462. The first kappa shape index (κ1) is 15.5. The summed E-state index contributed by atoms with van der Waals surface area (Å²) >= 11 is 0. The second kappa shape index (κ2) is 6.04. The molecule has 1 aliphatic rings. The fourth-order valence-electron chi connectivity index (χ4n) is 3.05. The Hall–Kier alpha value is -0.590. The van der Waals surface area contributed by atoms with Gasteiger partial charge in [0.15, 0.2) is 0 Å². The summed E-state index contributed by atoms with van der Waals surface area (Å²) in [7, 11) is 1.83. The topological polar surface area (TPSA) is 45.0 Å². The van der Waals surface area contributed by atoms with Gasteiger partial charge in [-0.05, 0) is 44.6 Å². The zero-order chi connectivity index (χ0) is 13.8. The third kappa shape index (κ3) is 4.59. The zero-order valence-electron chi connectivity index (χ0n) is 12.5. The maximum absolute atomic E-state index is 9.08. The average Bonchev–Trinajstić information content (AvgIpc) is 2.26. The monoisotopic (exact) mass is 252 g/mol. The van der Waals surface area contributed by atoms with Crippen molar-refractivity contribution in [2.45, 2.75) is 65.0 Å². The summed E-state index contributed by atoms with van der Waals surface area (Å²) in [6.45, 7) is 9.55. The van der Waals surface area contributed by atoms with Crippen LogP contribution in [-0.4, -0.2) is 25.3 Å². The van der Waals surface area contributed by atoms with E-state index in [1.54, 1.807) is 0 Å². The van der Waals surface area contributed by atoms with E-state index in [2.05, 4.69) is 32.2 Å². The summed E-state index contributed by atoms with van der Waals surface area (Å²) in [5.41, 5.74) is -0.0698. The number of ether oxygens (including phenoxy) is 1. The first-order valence-corrected chi connectivity index (χ1v) is 7.02. The molecule has 104 valence electrons. The van der Waals surface area contributed by atoms with E-state index in [0.717, 1.165) is 25.2 Å². The van der Waals surface area contributed by atoms with Crippen molar-refractivity contribution >= 4 is 0 Å². The van der Waals surface area contributed by atoms with Gasteiger partial charge in [0.2, 0.25) is 0 Å². The summed E-state index contributed by atoms with van der Waals surface area (Å²) in [5.74, 6) is 0.741. The molecule has 0 aromatic rings. The van der Waals surface area contributed by atoms with E-state index in [1.165, 1.54) is 6.42 Å². The van der Waals surface area contributed by atoms with Gasteiger partial charge in [-0.1, -0.05) is 20.8 Å². The first-order chi connectivity index (χ1) is 8.30. The van der Waals surface area contributed by atoms with Gasteiger partial charge in [0, 0.05) is 13.0 Å². The number of nitrogens with zero attached hydrogens (tertiary/aromatic N) is 1. The van der Waals surface area contributed by atoms with Gasteiger partial charge in [-0.15, -0.1) is 0 Å². The number of nitriles is 1. The molecule has 1 rings (SSSR count). The van der Waals surface area contributed by atoms with Crippen molar-refractivity contribution in [3.8, 4) is 6.07 Å². The van der Waals surface area contributed by atoms with Crippen LogP contribution in [0.3, 0.4) is 0 Å². The molecule has 3 unspecified atom stereocenters. The minimum absolute atomic E-state index is 0.364. The van der Waals surface area contributed by atoms with Gasteiger partial charge >= 0.3 is 0 Å². The highest BCUT2D eigenvalue weighted by molar-refractivity contribution is 5.02. The molecule has 3 heteroatoms. The highest BCUT2D eigenvalue weighted by Crippen LogP contribution is 2.39. The van der Waals surface area contributed by atoms with Gasteiger partial charge in [0.05, 0.1) is 12.2 Å². The molecule has 1 fully saturated rings. The molecule has 3 nitrogen and oxygen atoms in total. The lowest BCUT2D eigenvalue weighted by Crippen LogP contribution is -2.40. The quantitative estimate of drug-likeness (QED) is 0.817. The van der Waals surface area contributed by atoms with E-state index in [0.29, 0.717) is 18.1 Å². The van der Waals surface area contributed by atoms with Crippen LogP contribution in [0.2, 0.25) is 0 Å². The fourth-order valence-corrected chi connectivity index (χ4v) is 3.05. The summed E-state index contributed by atoms with van der Waals surface area (Å²) < 4.78 is 6.00. The molecule has 0 spiro atoms. The van der Waals surface area contributed by atoms with Crippen molar-refractivity contribution in [3.05, 3.63) is 0 Å². The molecule has 0 bridgehead atoms. The van der Waals surface area contributed by atoms with Crippen LogP contribution in [0.15, 0.2) is 0 Å². The third-order valence-electron chi connectivity index (χ3n) is 4.10. The van der Waals surface area contributed by atoms with Crippen molar-refractivity contribution in [1.82, 2.24) is 5.32 Å². The summed E-state index contributed by atoms with van der Waals surface area (Å²) in [6, 6.07) is 2.30. The van der Waals surface area contributed by atoms with Crippen LogP contribution in [0.25, 0.3) is 0 Å². The van der Waals surface area contributed by atoms with Crippen molar-refractivity contribution in [1.29, 1.82) is 5.26 Å². The second-order valence-electron chi connectivity index (χ2n) is 6.85. The Morgan fingerprint density at radius 2 is 2.11 bits per heavy atom. The molecule has 3 atom stereocenters. The van der Waals surface area contributed by atoms with E-state index >= 15 is 0 Å². The van der Waals surface area contributed by atoms with E-state index in [-0.39, 0.29) is 0 Å². The predicted molar refractivity (Wildman–Crippen MR) is 74.2 cm³/mol. The second-order valence-corrected chi connectivity index (χ2v) is 6.85. The maximum atomic E-state index is 9.08. The molecule has 0 amide bonds. The van der Waals surface area contributed by atoms with Crippen molar-refractivity contribution in [2.75, 3.05) is 13.7 Å². The molecule has 0 aliphatic heterocycles. The maximum Gasteiger partial charge on any atom is 0.105 e. The smallest absolute Gasteiger partial charge is 0.105 e. The molecule has 0 radical (unpaired) electrons. The molecule has 1 N–H and O–H groups in total. The van der Waals surface area contributed by atoms with Gasteiger partial charge in [-0.25, -0.2) is 0 Å². The van der Waals surface area contributed by atoms with Gasteiger partial charge in [0.1, 0.15) is 5.54 Å². The van der Waals surface area contributed by atoms with Crippen LogP contribution in [0, 0.1) is 22.7 Å². The molecular formula is C15H28N2O. The average molecular weight is 252 g/mol. The van der Waals surface area contributed by atoms with Crippen LogP contribution >= 0.6 is 0 Å². The Kier molecular flexibility index (Phi) is 5.19. The van der Waals surface area contributed by atoms with E-state index in [1.807, 2.05) is 14.0 Å². The number of hydrogen-bond acceptors (Lipinski definition) is 3. The van der Waals surface area contributed by atoms with E-state index in [4.69, 9.17) is 10.00 Å². The van der Waals surface area contributed by atoms with Gasteiger partial charge < -0.3 is 10.1 Å². The Labute approximate surface area is 112 Å².